The SMILES string of the molecule is O=P1(O)Oc2ccccc2I(=O)(O)O1. The monoisotopic (exact) mass is 332 g/mol. The molecule has 1 aromatic carbocycles. The zero-order chi connectivity index (χ0) is 10.4. The summed E-state index contributed by atoms with van der Waals surface area (Å²) >= 11 is -4.98. The second-order valence-electron chi connectivity index (χ2n) is 2.50. The summed E-state index contributed by atoms with van der Waals surface area (Å²) in [5.74, 6) is -0.0708. The van der Waals surface area contributed by atoms with Crippen molar-refractivity contribution in [1.29, 1.82) is 0 Å². The van der Waals surface area contributed by atoms with Crippen molar-refractivity contribution in [1.82, 2.24) is 0 Å². The molecule has 0 amide bonds. The van der Waals surface area contributed by atoms with E-state index in [0.717, 1.165) is 0 Å². The molecule has 0 aliphatic carbocycles. The van der Waals surface area contributed by atoms with Crippen LogP contribution in [0.5, 0.6) is 5.75 Å². The van der Waals surface area contributed by atoms with Gasteiger partial charge in [0.15, 0.2) is 0 Å². The predicted octanol–water partition coefficient (Wildman–Crippen LogP) is 1.58. The topological polar surface area (TPSA) is 93.1 Å². The maximum absolute atomic E-state index is 11.5. The Labute approximate surface area is 84.1 Å². The van der Waals surface area contributed by atoms with Gasteiger partial charge in [-0.05, 0) is 0 Å². The standard InChI is InChI=1S/C6H6IO6P/c8-7(9)5-3-1-2-4-6(5)12-14(10,11)13-7/h1-4H,(H,8,9)(H,10,11). The molecule has 0 spiro atoms. The summed E-state index contributed by atoms with van der Waals surface area (Å²) in [6.07, 6.45) is 0. The zero-order valence-electron chi connectivity index (χ0n) is 6.66. The van der Waals surface area contributed by atoms with E-state index in [1.54, 1.807) is 0 Å². The van der Waals surface area contributed by atoms with Crippen LogP contribution in [0, 0.1) is 3.57 Å². The Kier molecular flexibility index (Phi) is 2.24. The van der Waals surface area contributed by atoms with Crippen LogP contribution in [0.3, 0.4) is 0 Å². The summed E-state index contributed by atoms with van der Waals surface area (Å²) < 4.78 is 40.5. The van der Waals surface area contributed by atoms with Crippen LogP contribution in [0.4, 0.5) is 0 Å². The van der Waals surface area contributed by atoms with Crippen molar-refractivity contribution in [2.24, 2.45) is 0 Å². The minimum atomic E-state index is -4.98. The first kappa shape index (κ1) is 10.2. The first-order chi connectivity index (χ1) is 6.41. The fourth-order valence-corrected chi connectivity index (χ4v) is 6.46. The Bertz CT molecular complexity index is 471. The Morgan fingerprint density at radius 2 is 2.00 bits per heavy atom. The number of hydrogen-bond donors (Lipinski definition) is 2. The number of hydrogen-bond acceptors (Lipinski definition) is 4. The first-order valence-electron chi connectivity index (χ1n) is 3.45. The van der Waals surface area contributed by atoms with Crippen molar-refractivity contribution in [3.8, 4) is 5.75 Å². The normalized spacial score (nSPS) is 40.4. The molecule has 78 valence electrons. The molecule has 0 saturated heterocycles. The van der Waals surface area contributed by atoms with Crippen molar-refractivity contribution in [2.45, 2.75) is 0 Å². The number of fused-ring (bicyclic) bond motifs is 1. The Morgan fingerprint density at radius 1 is 1.36 bits per heavy atom. The van der Waals surface area contributed by atoms with Gasteiger partial charge in [-0.25, -0.2) is 0 Å². The molecular formula is C6H6IO6P. The van der Waals surface area contributed by atoms with Crippen LogP contribution in [0.25, 0.3) is 0 Å². The second kappa shape index (κ2) is 3.07. The second-order valence-corrected chi connectivity index (χ2v) is 8.61. The maximum atomic E-state index is 11.5. The number of phosphoric acid groups is 1. The summed E-state index contributed by atoms with van der Waals surface area (Å²) in [5.41, 5.74) is 0. The van der Waals surface area contributed by atoms with Crippen molar-refractivity contribution >= 4 is 27.1 Å². The molecule has 1 aromatic rings. The summed E-state index contributed by atoms with van der Waals surface area (Å²) in [6, 6.07) is 5.72. The van der Waals surface area contributed by atoms with Crippen molar-refractivity contribution in [3.63, 3.8) is 0 Å². The van der Waals surface area contributed by atoms with Gasteiger partial charge in [-0.1, -0.05) is 0 Å². The van der Waals surface area contributed by atoms with E-state index in [1.165, 1.54) is 24.3 Å². The molecule has 0 aromatic heterocycles. The van der Waals surface area contributed by atoms with E-state index in [9.17, 15) is 11.1 Å². The van der Waals surface area contributed by atoms with Gasteiger partial charge in [-0.15, -0.1) is 0 Å². The third-order valence-electron chi connectivity index (χ3n) is 1.49. The third kappa shape index (κ3) is 1.73. The molecule has 2 unspecified atom stereocenters. The van der Waals surface area contributed by atoms with Crippen LogP contribution in [0.1, 0.15) is 0 Å². The third-order valence-corrected chi connectivity index (χ3v) is 7.73. The van der Waals surface area contributed by atoms with Gasteiger partial charge in [0.1, 0.15) is 0 Å². The molecule has 2 atom stereocenters. The van der Waals surface area contributed by atoms with Crippen LogP contribution >= 0.6 is 27.1 Å². The van der Waals surface area contributed by atoms with E-state index in [2.05, 4.69) is 7.38 Å². The number of benzene rings is 1. The van der Waals surface area contributed by atoms with Crippen LogP contribution < -0.4 is 4.52 Å². The molecule has 1 aliphatic rings. The van der Waals surface area contributed by atoms with Gasteiger partial charge in [0.25, 0.3) is 0 Å². The summed E-state index contributed by atoms with van der Waals surface area (Å²) in [4.78, 5) is 8.95. The van der Waals surface area contributed by atoms with E-state index in [4.69, 9.17) is 4.89 Å². The molecule has 6 nitrogen and oxygen atoms in total. The fraction of sp³-hybridized carbons (Fsp3) is 0. The summed E-state index contributed by atoms with van der Waals surface area (Å²) in [5, 5.41) is 0. The van der Waals surface area contributed by atoms with Gasteiger partial charge in [-0.2, -0.15) is 0 Å². The molecule has 0 saturated carbocycles. The molecule has 0 radical (unpaired) electrons. The minimum absolute atomic E-state index is 0.0417. The molecule has 1 aliphatic heterocycles. The van der Waals surface area contributed by atoms with Crippen molar-refractivity contribution in [3.05, 3.63) is 27.8 Å². The fourth-order valence-electron chi connectivity index (χ4n) is 1.01. The van der Waals surface area contributed by atoms with Gasteiger partial charge in [0.2, 0.25) is 0 Å². The van der Waals surface area contributed by atoms with Crippen molar-refractivity contribution < 1.29 is 23.3 Å². The molecular weight excluding hydrogens is 326 g/mol. The van der Waals surface area contributed by atoms with Gasteiger partial charge >= 0.3 is 84.0 Å². The zero-order valence-corrected chi connectivity index (χ0v) is 9.71. The molecule has 2 rings (SSSR count). The molecule has 14 heavy (non-hydrogen) atoms. The van der Waals surface area contributed by atoms with Crippen LogP contribution in [0.15, 0.2) is 24.3 Å². The Morgan fingerprint density at radius 3 is 2.71 bits per heavy atom. The van der Waals surface area contributed by atoms with E-state index < -0.39 is 27.1 Å². The Balaban J connectivity index is 2.64. The molecule has 2 N–H and O–H groups in total. The van der Waals surface area contributed by atoms with Crippen molar-refractivity contribution in [2.75, 3.05) is 0 Å². The van der Waals surface area contributed by atoms with Gasteiger partial charge in [0.05, 0.1) is 0 Å². The first-order valence-corrected chi connectivity index (χ1v) is 8.75. The molecule has 0 fully saturated rings. The number of halogens is 1. The average molecular weight is 332 g/mol. The van der Waals surface area contributed by atoms with Gasteiger partial charge in [0, 0.05) is 0 Å². The summed E-state index contributed by atoms with van der Waals surface area (Å²) in [7, 11) is -4.42. The number of rotatable bonds is 0. The van der Waals surface area contributed by atoms with Crippen LogP contribution in [-0.2, 0) is 10.5 Å². The van der Waals surface area contributed by atoms with Crippen LogP contribution in [0.2, 0.25) is 0 Å². The Hall–Kier alpha value is -0.340. The van der Waals surface area contributed by atoms with E-state index in [1.807, 2.05) is 0 Å². The van der Waals surface area contributed by atoms with Gasteiger partial charge in [-0.3, -0.25) is 0 Å². The number of para-hydroxylation sites is 1. The quantitative estimate of drug-likeness (QED) is 0.553. The van der Waals surface area contributed by atoms with Gasteiger partial charge < -0.3 is 0 Å². The molecule has 1 heterocycles. The van der Waals surface area contributed by atoms with E-state index >= 15 is 0 Å². The number of phosphoric ester groups is 1. The average Bonchev–Trinajstić information content (AvgIpc) is 2.00. The molecule has 0 bridgehead atoms. The van der Waals surface area contributed by atoms with E-state index in [-0.39, 0.29) is 9.32 Å². The van der Waals surface area contributed by atoms with E-state index in [0.29, 0.717) is 0 Å². The van der Waals surface area contributed by atoms with Crippen LogP contribution in [-0.4, -0.2) is 8.33 Å². The summed E-state index contributed by atoms with van der Waals surface area (Å²) in [6.45, 7) is 0. The predicted molar refractivity (Wildman–Crippen MR) is 53.6 cm³/mol. The molecule has 8 heteroatoms.